The van der Waals surface area contributed by atoms with Crippen molar-refractivity contribution in [2.24, 2.45) is 0 Å². The van der Waals surface area contributed by atoms with Crippen molar-refractivity contribution < 1.29 is 9.90 Å². The van der Waals surface area contributed by atoms with Gasteiger partial charge in [-0.2, -0.15) is 0 Å². The van der Waals surface area contributed by atoms with E-state index in [2.05, 4.69) is 15.9 Å². The molecular formula is C10H11BrO2. The molecule has 0 heterocycles. The molecule has 1 aromatic rings. The van der Waals surface area contributed by atoms with Gasteiger partial charge in [0.15, 0.2) is 6.29 Å². The summed E-state index contributed by atoms with van der Waals surface area (Å²) < 4.78 is 0.570. The summed E-state index contributed by atoms with van der Waals surface area (Å²) in [5.41, 5.74) is 1.37. The van der Waals surface area contributed by atoms with Gasteiger partial charge in [0.05, 0.1) is 10.0 Å². The molecule has 1 rings (SSSR count). The second-order valence-electron chi connectivity index (χ2n) is 3.21. The van der Waals surface area contributed by atoms with E-state index in [0.717, 1.165) is 5.56 Å². The summed E-state index contributed by atoms with van der Waals surface area (Å²) in [5.74, 6) is 0.356. The number of benzene rings is 1. The molecule has 0 spiro atoms. The molecule has 70 valence electrons. The topological polar surface area (TPSA) is 37.3 Å². The molecule has 1 aromatic carbocycles. The van der Waals surface area contributed by atoms with Gasteiger partial charge in [-0.1, -0.05) is 13.8 Å². The van der Waals surface area contributed by atoms with Gasteiger partial charge in [-0.15, -0.1) is 0 Å². The third kappa shape index (κ3) is 2.10. The normalized spacial score (nSPS) is 10.5. The summed E-state index contributed by atoms with van der Waals surface area (Å²) in [6.45, 7) is 4.07. The Bertz CT molecular complexity index is 332. The van der Waals surface area contributed by atoms with Gasteiger partial charge < -0.3 is 5.11 Å². The molecule has 0 unspecified atom stereocenters. The molecule has 0 fully saturated rings. The van der Waals surface area contributed by atoms with Crippen LogP contribution in [0.1, 0.15) is 35.7 Å². The van der Waals surface area contributed by atoms with Crippen molar-refractivity contribution in [2.45, 2.75) is 19.8 Å². The molecule has 1 N–H and O–H groups in total. The zero-order valence-electron chi connectivity index (χ0n) is 7.54. The highest BCUT2D eigenvalue weighted by Crippen LogP contribution is 2.30. The highest BCUT2D eigenvalue weighted by atomic mass is 79.9. The highest BCUT2D eigenvalue weighted by Gasteiger charge is 2.08. The Hall–Kier alpha value is -0.830. The standard InChI is InChI=1S/C10H11BrO2/c1-6(2)7-3-8(5-12)10(13)9(11)4-7/h3-6,13H,1-2H3. The molecule has 13 heavy (non-hydrogen) atoms. The predicted octanol–water partition coefficient (Wildman–Crippen LogP) is 3.09. The average molecular weight is 243 g/mol. The van der Waals surface area contributed by atoms with Gasteiger partial charge in [0.25, 0.3) is 0 Å². The molecule has 0 aromatic heterocycles. The van der Waals surface area contributed by atoms with Crippen LogP contribution in [-0.2, 0) is 0 Å². The summed E-state index contributed by atoms with van der Waals surface area (Å²) in [4.78, 5) is 10.6. The summed E-state index contributed by atoms with van der Waals surface area (Å²) in [6, 6.07) is 3.53. The summed E-state index contributed by atoms with van der Waals surface area (Å²) in [6.07, 6.45) is 0.659. The summed E-state index contributed by atoms with van der Waals surface area (Å²) in [7, 11) is 0. The Morgan fingerprint density at radius 1 is 1.46 bits per heavy atom. The molecule has 0 atom stereocenters. The zero-order chi connectivity index (χ0) is 10.0. The second kappa shape index (κ2) is 3.92. The fourth-order valence-electron chi connectivity index (χ4n) is 1.07. The molecule has 0 bridgehead atoms. The van der Waals surface area contributed by atoms with Crippen molar-refractivity contribution in [3.8, 4) is 5.75 Å². The van der Waals surface area contributed by atoms with Crippen LogP contribution in [0.25, 0.3) is 0 Å². The number of carbonyl (C=O) groups excluding carboxylic acids is 1. The zero-order valence-corrected chi connectivity index (χ0v) is 9.13. The van der Waals surface area contributed by atoms with Crippen molar-refractivity contribution in [3.63, 3.8) is 0 Å². The van der Waals surface area contributed by atoms with Gasteiger partial charge >= 0.3 is 0 Å². The fraction of sp³-hybridized carbons (Fsp3) is 0.300. The maximum Gasteiger partial charge on any atom is 0.153 e. The van der Waals surface area contributed by atoms with Crippen LogP contribution in [0.15, 0.2) is 16.6 Å². The number of aldehydes is 1. The van der Waals surface area contributed by atoms with Crippen LogP contribution in [0.3, 0.4) is 0 Å². The lowest BCUT2D eigenvalue weighted by atomic mass is 10.0. The van der Waals surface area contributed by atoms with Crippen molar-refractivity contribution in [1.29, 1.82) is 0 Å². The smallest absolute Gasteiger partial charge is 0.153 e. The minimum atomic E-state index is 0.0133. The summed E-state index contributed by atoms with van der Waals surface area (Å²) in [5, 5.41) is 9.43. The van der Waals surface area contributed by atoms with E-state index in [0.29, 0.717) is 22.2 Å². The van der Waals surface area contributed by atoms with Gasteiger partial charge in [0, 0.05) is 0 Å². The van der Waals surface area contributed by atoms with Crippen molar-refractivity contribution in [1.82, 2.24) is 0 Å². The van der Waals surface area contributed by atoms with E-state index >= 15 is 0 Å². The SMILES string of the molecule is CC(C)c1cc(Br)c(O)c(C=O)c1. The Kier molecular flexibility index (Phi) is 3.09. The van der Waals surface area contributed by atoms with Crippen molar-refractivity contribution in [2.75, 3.05) is 0 Å². The van der Waals surface area contributed by atoms with Crippen LogP contribution in [0.2, 0.25) is 0 Å². The number of carbonyl (C=O) groups is 1. The van der Waals surface area contributed by atoms with E-state index in [1.807, 2.05) is 19.9 Å². The van der Waals surface area contributed by atoms with Gasteiger partial charge in [-0.05, 0) is 39.5 Å². The minimum Gasteiger partial charge on any atom is -0.506 e. The number of phenols is 1. The lowest BCUT2D eigenvalue weighted by molar-refractivity contribution is 0.112. The maximum absolute atomic E-state index is 10.6. The van der Waals surface area contributed by atoms with E-state index in [4.69, 9.17) is 0 Å². The van der Waals surface area contributed by atoms with Crippen molar-refractivity contribution >= 4 is 22.2 Å². The highest BCUT2D eigenvalue weighted by molar-refractivity contribution is 9.10. The van der Waals surface area contributed by atoms with E-state index in [1.54, 1.807) is 6.07 Å². The number of hydrogen-bond donors (Lipinski definition) is 1. The number of hydrogen-bond acceptors (Lipinski definition) is 2. The van der Waals surface area contributed by atoms with E-state index in [1.165, 1.54) is 0 Å². The molecule has 0 aliphatic rings. The van der Waals surface area contributed by atoms with Crippen LogP contribution in [0, 0.1) is 0 Å². The lowest BCUT2D eigenvalue weighted by Crippen LogP contribution is -1.91. The fourth-order valence-corrected chi connectivity index (χ4v) is 1.56. The number of aromatic hydroxyl groups is 1. The van der Waals surface area contributed by atoms with E-state index < -0.39 is 0 Å². The van der Waals surface area contributed by atoms with E-state index in [-0.39, 0.29) is 5.75 Å². The van der Waals surface area contributed by atoms with Gasteiger partial charge in [0.2, 0.25) is 0 Å². The molecule has 0 aliphatic heterocycles. The second-order valence-corrected chi connectivity index (χ2v) is 4.07. The predicted molar refractivity (Wildman–Crippen MR) is 55.3 cm³/mol. The quantitative estimate of drug-likeness (QED) is 0.810. The molecule has 2 nitrogen and oxygen atoms in total. The maximum atomic E-state index is 10.6. The Morgan fingerprint density at radius 3 is 2.54 bits per heavy atom. The van der Waals surface area contributed by atoms with Crippen LogP contribution >= 0.6 is 15.9 Å². The van der Waals surface area contributed by atoms with Crippen LogP contribution < -0.4 is 0 Å². The number of rotatable bonds is 2. The first kappa shape index (κ1) is 10.3. The first-order chi connectivity index (χ1) is 6.06. The van der Waals surface area contributed by atoms with Crippen LogP contribution in [0.4, 0.5) is 0 Å². The van der Waals surface area contributed by atoms with Crippen LogP contribution in [-0.4, -0.2) is 11.4 Å². The number of halogens is 1. The Labute approximate surface area is 85.7 Å². The lowest BCUT2D eigenvalue weighted by Gasteiger charge is -2.08. The van der Waals surface area contributed by atoms with Gasteiger partial charge in [0.1, 0.15) is 5.75 Å². The van der Waals surface area contributed by atoms with Gasteiger partial charge in [-0.25, -0.2) is 0 Å². The largest absolute Gasteiger partial charge is 0.506 e. The van der Waals surface area contributed by atoms with Crippen LogP contribution in [0.5, 0.6) is 5.75 Å². The monoisotopic (exact) mass is 242 g/mol. The third-order valence-electron chi connectivity index (χ3n) is 1.91. The minimum absolute atomic E-state index is 0.0133. The molecule has 0 aliphatic carbocycles. The summed E-state index contributed by atoms with van der Waals surface area (Å²) >= 11 is 3.20. The Morgan fingerprint density at radius 2 is 2.08 bits per heavy atom. The molecule has 0 radical (unpaired) electrons. The molecule has 0 saturated heterocycles. The molecule has 0 amide bonds. The average Bonchev–Trinajstić information content (AvgIpc) is 2.09. The number of phenolic OH excluding ortho intramolecular Hbond substituents is 1. The first-order valence-electron chi connectivity index (χ1n) is 4.04. The Balaban J connectivity index is 3.30. The first-order valence-corrected chi connectivity index (χ1v) is 4.83. The van der Waals surface area contributed by atoms with E-state index in [9.17, 15) is 9.90 Å². The van der Waals surface area contributed by atoms with Gasteiger partial charge in [-0.3, -0.25) is 4.79 Å². The molecular weight excluding hydrogens is 232 g/mol. The molecule has 3 heteroatoms. The molecule has 0 saturated carbocycles. The van der Waals surface area contributed by atoms with Crippen molar-refractivity contribution in [3.05, 3.63) is 27.7 Å². The third-order valence-corrected chi connectivity index (χ3v) is 2.51.